The minimum absolute atomic E-state index is 0.320. The maximum Gasteiger partial charge on any atom is 0.243 e. The summed E-state index contributed by atoms with van der Waals surface area (Å²) >= 11 is 0. The lowest BCUT2D eigenvalue weighted by Crippen LogP contribution is -2.55. The number of benzene rings is 1. The molecule has 0 aromatic heterocycles. The lowest BCUT2D eigenvalue weighted by Gasteiger charge is -2.40. The van der Waals surface area contributed by atoms with Crippen molar-refractivity contribution in [2.75, 3.05) is 5.32 Å². The molecule has 3 nitrogen and oxygen atoms in total. The summed E-state index contributed by atoms with van der Waals surface area (Å²) in [6.45, 7) is 0. The molecule has 1 aliphatic rings. The molecule has 0 aliphatic heterocycles. The van der Waals surface area contributed by atoms with Crippen LogP contribution in [0.3, 0.4) is 0 Å². The number of nitrogens with two attached hydrogens (primary N) is 1. The Morgan fingerprint density at radius 3 is 2.67 bits per heavy atom. The molecule has 0 spiro atoms. The van der Waals surface area contributed by atoms with Gasteiger partial charge in [0.05, 0.1) is 0 Å². The van der Waals surface area contributed by atoms with Crippen LogP contribution in [0.15, 0.2) is 24.3 Å². The van der Waals surface area contributed by atoms with Crippen molar-refractivity contribution >= 4 is 11.6 Å². The average Bonchev–Trinajstić information content (AvgIpc) is 2.11. The number of nitrogens with one attached hydrogen (secondary N) is 1. The first kappa shape index (κ1) is 9.96. The predicted molar refractivity (Wildman–Crippen MR) is 55.8 cm³/mol. The summed E-state index contributed by atoms with van der Waals surface area (Å²) in [7, 11) is 0. The van der Waals surface area contributed by atoms with Crippen LogP contribution in [0.25, 0.3) is 0 Å². The zero-order chi connectivity index (χ0) is 10.9. The maximum atomic E-state index is 12.9. The number of hydrogen-bond acceptors (Lipinski definition) is 2. The number of halogens is 1. The molecule has 0 atom stereocenters. The molecule has 0 unspecified atom stereocenters. The van der Waals surface area contributed by atoms with Crippen molar-refractivity contribution < 1.29 is 9.18 Å². The number of anilines is 1. The van der Waals surface area contributed by atoms with Crippen molar-refractivity contribution in [2.24, 2.45) is 5.73 Å². The summed E-state index contributed by atoms with van der Waals surface area (Å²) in [5, 5.41) is 3.02. The zero-order valence-electron chi connectivity index (χ0n) is 8.29. The molecule has 0 radical (unpaired) electrons. The van der Waals surface area contributed by atoms with Gasteiger partial charge in [0.15, 0.2) is 0 Å². The van der Waals surface area contributed by atoms with Crippen LogP contribution in [0.1, 0.15) is 19.3 Å². The first-order valence-corrected chi connectivity index (χ1v) is 4.96. The summed E-state index contributed by atoms with van der Waals surface area (Å²) in [5.41, 5.74) is 5.27. The van der Waals surface area contributed by atoms with Crippen molar-refractivity contribution in [2.45, 2.75) is 24.8 Å². The first-order valence-electron chi connectivity index (χ1n) is 4.96. The quantitative estimate of drug-likeness (QED) is 0.793. The molecule has 0 saturated heterocycles. The van der Waals surface area contributed by atoms with Gasteiger partial charge in [-0.1, -0.05) is 6.07 Å². The minimum atomic E-state index is -0.659. The first-order chi connectivity index (χ1) is 7.12. The second-order valence-corrected chi connectivity index (χ2v) is 3.94. The summed E-state index contributed by atoms with van der Waals surface area (Å²) in [4.78, 5) is 11.3. The Labute approximate surface area is 87.5 Å². The Balaban J connectivity index is 2.17. The van der Waals surface area contributed by atoms with E-state index in [1.54, 1.807) is 12.1 Å². The Bertz CT molecular complexity index is 388. The normalized spacial score (nSPS) is 17.9. The molecule has 80 valence electrons. The van der Waals surface area contributed by atoms with Crippen molar-refractivity contribution in [3.63, 3.8) is 0 Å². The smallest absolute Gasteiger partial charge is 0.243 e. The van der Waals surface area contributed by atoms with E-state index in [1.165, 1.54) is 12.1 Å². The van der Waals surface area contributed by atoms with E-state index in [0.717, 1.165) is 19.3 Å². The summed E-state index contributed by atoms with van der Waals surface area (Å²) < 4.78 is 12.9. The van der Waals surface area contributed by atoms with Gasteiger partial charge >= 0.3 is 0 Å². The van der Waals surface area contributed by atoms with Crippen molar-refractivity contribution in [3.05, 3.63) is 30.1 Å². The van der Waals surface area contributed by atoms with Gasteiger partial charge in [0.1, 0.15) is 11.4 Å². The average molecular weight is 208 g/mol. The molecule has 4 heteroatoms. The third kappa shape index (κ3) is 1.79. The number of hydrogen-bond donors (Lipinski definition) is 2. The Morgan fingerprint density at radius 2 is 2.20 bits per heavy atom. The third-order valence-corrected chi connectivity index (χ3v) is 2.89. The molecule has 1 aliphatic carbocycles. The zero-order valence-corrected chi connectivity index (χ0v) is 8.29. The maximum absolute atomic E-state index is 12.9. The van der Waals surface area contributed by atoms with Crippen LogP contribution in [0.2, 0.25) is 0 Å². The Morgan fingerprint density at radius 1 is 1.47 bits per heavy atom. The monoisotopic (exact) mass is 208 g/mol. The van der Waals surface area contributed by atoms with Gasteiger partial charge < -0.3 is 11.1 Å². The molecule has 0 bridgehead atoms. The highest BCUT2D eigenvalue weighted by molar-refractivity contribution is 5.89. The molecule has 3 N–H and O–H groups in total. The molecule has 1 amide bonds. The lowest BCUT2D eigenvalue weighted by molar-refractivity contribution is -0.124. The van der Waals surface area contributed by atoms with Gasteiger partial charge in [-0.05, 0) is 37.5 Å². The SMILES string of the molecule is NC(=O)C1(Nc2cccc(F)c2)CCC1. The molecule has 15 heavy (non-hydrogen) atoms. The van der Waals surface area contributed by atoms with Crippen LogP contribution in [0.4, 0.5) is 10.1 Å². The number of carbonyl (C=O) groups excluding carboxylic acids is 1. The van der Waals surface area contributed by atoms with Gasteiger partial charge in [0.25, 0.3) is 0 Å². The van der Waals surface area contributed by atoms with Crippen LogP contribution in [0.5, 0.6) is 0 Å². The van der Waals surface area contributed by atoms with Crippen LogP contribution in [-0.4, -0.2) is 11.4 Å². The summed E-state index contributed by atoms with van der Waals surface area (Å²) in [5.74, 6) is -0.683. The van der Waals surface area contributed by atoms with Crippen LogP contribution < -0.4 is 11.1 Å². The Kier molecular flexibility index (Phi) is 2.34. The molecule has 1 aromatic carbocycles. The van der Waals surface area contributed by atoms with Crippen LogP contribution in [-0.2, 0) is 4.79 Å². The second-order valence-electron chi connectivity index (χ2n) is 3.94. The molecular weight excluding hydrogens is 195 g/mol. The van der Waals surface area contributed by atoms with Gasteiger partial charge in [-0.3, -0.25) is 4.79 Å². The second kappa shape index (κ2) is 3.53. The summed E-state index contributed by atoms with van der Waals surface area (Å²) in [6.07, 6.45) is 2.42. The Hall–Kier alpha value is -1.58. The van der Waals surface area contributed by atoms with Crippen LogP contribution >= 0.6 is 0 Å². The van der Waals surface area contributed by atoms with E-state index in [2.05, 4.69) is 5.32 Å². The molecule has 2 rings (SSSR count). The van der Waals surface area contributed by atoms with Gasteiger partial charge in [-0.25, -0.2) is 4.39 Å². The minimum Gasteiger partial charge on any atom is -0.371 e. The number of rotatable bonds is 3. The molecule has 1 aromatic rings. The van der Waals surface area contributed by atoms with E-state index in [-0.39, 0.29) is 11.7 Å². The molecule has 0 heterocycles. The predicted octanol–water partition coefficient (Wildman–Crippen LogP) is 1.65. The highest BCUT2D eigenvalue weighted by Crippen LogP contribution is 2.35. The standard InChI is InChI=1S/C11H13FN2O/c12-8-3-1-4-9(7-8)14-11(10(13)15)5-2-6-11/h1,3-4,7,14H,2,5-6H2,(H2,13,15). The van der Waals surface area contributed by atoms with E-state index in [4.69, 9.17) is 5.73 Å². The number of amides is 1. The number of primary amides is 1. The van der Waals surface area contributed by atoms with Crippen molar-refractivity contribution in [1.82, 2.24) is 0 Å². The molecular formula is C11H13FN2O. The van der Waals surface area contributed by atoms with Gasteiger partial charge in [-0.15, -0.1) is 0 Å². The van der Waals surface area contributed by atoms with E-state index >= 15 is 0 Å². The van der Waals surface area contributed by atoms with Crippen LogP contribution in [0, 0.1) is 5.82 Å². The van der Waals surface area contributed by atoms with Gasteiger partial charge in [0.2, 0.25) is 5.91 Å². The fraction of sp³-hybridized carbons (Fsp3) is 0.364. The van der Waals surface area contributed by atoms with Gasteiger partial charge in [-0.2, -0.15) is 0 Å². The van der Waals surface area contributed by atoms with E-state index in [9.17, 15) is 9.18 Å². The van der Waals surface area contributed by atoms with Gasteiger partial charge in [0, 0.05) is 5.69 Å². The topological polar surface area (TPSA) is 55.1 Å². The highest BCUT2D eigenvalue weighted by Gasteiger charge is 2.42. The largest absolute Gasteiger partial charge is 0.371 e. The molecule has 1 fully saturated rings. The van der Waals surface area contributed by atoms with E-state index in [1.807, 2.05) is 0 Å². The van der Waals surface area contributed by atoms with Crippen molar-refractivity contribution in [1.29, 1.82) is 0 Å². The highest BCUT2D eigenvalue weighted by atomic mass is 19.1. The van der Waals surface area contributed by atoms with E-state index in [0.29, 0.717) is 5.69 Å². The summed E-state index contributed by atoms with van der Waals surface area (Å²) in [6, 6.07) is 6.06. The lowest BCUT2D eigenvalue weighted by atomic mass is 9.76. The number of carbonyl (C=O) groups is 1. The third-order valence-electron chi connectivity index (χ3n) is 2.89. The fourth-order valence-electron chi connectivity index (χ4n) is 1.81. The van der Waals surface area contributed by atoms with E-state index < -0.39 is 5.54 Å². The fourth-order valence-corrected chi connectivity index (χ4v) is 1.81. The van der Waals surface area contributed by atoms with Crippen molar-refractivity contribution in [3.8, 4) is 0 Å². The molecule has 1 saturated carbocycles.